The largest absolute Gasteiger partial charge is 0.480 e. The number of pyridine rings is 1. The molecule has 116 valence electrons. The van der Waals surface area contributed by atoms with Crippen molar-refractivity contribution >= 4 is 22.8 Å². The fraction of sp³-hybridized carbons (Fsp3) is 0.133. The maximum atomic E-state index is 11.9. The molecule has 23 heavy (non-hydrogen) atoms. The second kappa shape index (κ2) is 5.84. The molecule has 1 amide bonds. The number of benzene rings is 1. The van der Waals surface area contributed by atoms with E-state index in [4.69, 9.17) is 5.11 Å². The standard InChI is InChI=1S/C15H13N5O3/c1-9-14(15(23)17-8-13(21)22)18-19-20(9)11-4-5-12-10(7-11)3-2-6-16-12/h2-7H,8H2,1H3,(H,17,23)(H,21,22). The fourth-order valence-corrected chi connectivity index (χ4v) is 2.22. The van der Waals surface area contributed by atoms with Gasteiger partial charge >= 0.3 is 5.97 Å². The van der Waals surface area contributed by atoms with E-state index in [0.717, 1.165) is 16.6 Å². The minimum absolute atomic E-state index is 0.0949. The SMILES string of the molecule is Cc1c(C(=O)NCC(=O)O)nnn1-c1ccc2ncccc2c1. The molecule has 0 saturated heterocycles. The molecular weight excluding hydrogens is 298 g/mol. The van der Waals surface area contributed by atoms with E-state index in [0.29, 0.717) is 5.69 Å². The highest BCUT2D eigenvalue weighted by Crippen LogP contribution is 2.18. The summed E-state index contributed by atoms with van der Waals surface area (Å²) in [5.74, 6) is -1.69. The minimum Gasteiger partial charge on any atom is -0.480 e. The van der Waals surface area contributed by atoms with Crippen LogP contribution in [0.5, 0.6) is 0 Å². The van der Waals surface area contributed by atoms with Crippen LogP contribution in [-0.4, -0.2) is 43.5 Å². The van der Waals surface area contributed by atoms with Gasteiger partial charge in [-0.25, -0.2) is 4.68 Å². The first-order chi connectivity index (χ1) is 11.1. The molecule has 3 rings (SSSR count). The van der Waals surface area contributed by atoms with Crippen LogP contribution in [-0.2, 0) is 4.79 Å². The van der Waals surface area contributed by atoms with Gasteiger partial charge in [0.1, 0.15) is 6.54 Å². The van der Waals surface area contributed by atoms with Crippen LogP contribution in [0.15, 0.2) is 36.5 Å². The summed E-state index contributed by atoms with van der Waals surface area (Å²) < 4.78 is 1.53. The zero-order chi connectivity index (χ0) is 16.4. The fourth-order valence-electron chi connectivity index (χ4n) is 2.22. The van der Waals surface area contributed by atoms with E-state index in [9.17, 15) is 9.59 Å². The van der Waals surface area contributed by atoms with Crippen molar-refractivity contribution in [2.45, 2.75) is 6.92 Å². The van der Waals surface area contributed by atoms with Gasteiger partial charge in [-0.3, -0.25) is 14.6 Å². The van der Waals surface area contributed by atoms with Crippen molar-refractivity contribution in [2.75, 3.05) is 6.54 Å². The molecule has 0 atom stereocenters. The quantitative estimate of drug-likeness (QED) is 0.742. The maximum absolute atomic E-state index is 11.9. The van der Waals surface area contributed by atoms with Crippen molar-refractivity contribution < 1.29 is 14.7 Å². The molecule has 0 saturated carbocycles. The maximum Gasteiger partial charge on any atom is 0.322 e. The molecule has 3 aromatic rings. The van der Waals surface area contributed by atoms with Gasteiger partial charge in [0.05, 0.1) is 16.9 Å². The Morgan fingerprint density at radius 3 is 2.91 bits per heavy atom. The molecule has 8 heteroatoms. The Balaban J connectivity index is 1.94. The molecule has 1 aromatic carbocycles. The summed E-state index contributed by atoms with van der Waals surface area (Å²) >= 11 is 0. The van der Waals surface area contributed by atoms with Gasteiger partial charge < -0.3 is 10.4 Å². The van der Waals surface area contributed by atoms with Crippen LogP contribution < -0.4 is 5.32 Å². The summed E-state index contributed by atoms with van der Waals surface area (Å²) in [6.45, 7) is 1.23. The second-order valence-electron chi connectivity index (χ2n) is 4.89. The van der Waals surface area contributed by atoms with Gasteiger partial charge in [-0.1, -0.05) is 11.3 Å². The molecule has 8 nitrogen and oxygen atoms in total. The van der Waals surface area contributed by atoms with Gasteiger partial charge in [-0.05, 0) is 31.2 Å². The third-order valence-corrected chi connectivity index (χ3v) is 3.34. The van der Waals surface area contributed by atoms with E-state index in [1.807, 2.05) is 30.3 Å². The Hall–Kier alpha value is -3.29. The first kappa shape index (κ1) is 14.6. The molecule has 0 fully saturated rings. The highest BCUT2D eigenvalue weighted by molar-refractivity contribution is 5.95. The van der Waals surface area contributed by atoms with Crippen LogP contribution in [0.1, 0.15) is 16.2 Å². The van der Waals surface area contributed by atoms with Crippen molar-refractivity contribution in [2.24, 2.45) is 0 Å². The van der Waals surface area contributed by atoms with Crippen molar-refractivity contribution in [1.29, 1.82) is 0 Å². The number of carboxylic acids is 1. The molecule has 0 bridgehead atoms. The molecule has 0 aliphatic carbocycles. The lowest BCUT2D eigenvalue weighted by Crippen LogP contribution is -2.30. The van der Waals surface area contributed by atoms with E-state index >= 15 is 0 Å². The van der Waals surface area contributed by atoms with Crippen LogP contribution in [0.25, 0.3) is 16.6 Å². The second-order valence-corrected chi connectivity index (χ2v) is 4.89. The van der Waals surface area contributed by atoms with E-state index in [1.165, 1.54) is 4.68 Å². The lowest BCUT2D eigenvalue weighted by atomic mass is 10.2. The lowest BCUT2D eigenvalue weighted by Gasteiger charge is -2.05. The Bertz CT molecular complexity index is 903. The number of amides is 1. The summed E-state index contributed by atoms with van der Waals surface area (Å²) in [6.07, 6.45) is 1.72. The summed E-state index contributed by atoms with van der Waals surface area (Å²) in [5.41, 5.74) is 2.22. The number of fused-ring (bicyclic) bond motifs is 1. The molecule has 2 N–H and O–H groups in total. The lowest BCUT2D eigenvalue weighted by molar-refractivity contribution is -0.135. The van der Waals surface area contributed by atoms with E-state index in [2.05, 4.69) is 20.6 Å². The normalized spacial score (nSPS) is 10.7. The van der Waals surface area contributed by atoms with Gasteiger partial charge in [0.2, 0.25) is 0 Å². The average molecular weight is 311 g/mol. The van der Waals surface area contributed by atoms with Crippen molar-refractivity contribution in [3.8, 4) is 5.69 Å². The summed E-state index contributed by atoms with van der Waals surface area (Å²) in [4.78, 5) is 26.7. The zero-order valence-electron chi connectivity index (χ0n) is 12.2. The summed E-state index contributed by atoms with van der Waals surface area (Å²) in [6, 6.07) is 9.35. The van der Waals surface area contributed by atoms with Gasteiger partial charge in [0.25, 0.3) is 5.91 Å². The first-order valence-electron chi connectivity index (χ1n) is 6.83. The summed E-state index contributed by atoms with van der Waals surface area (Å²) in [5, 5.41) is 19.6. The predicted molar refractivity (Wildman–Crippen MR) is 81.4 cm³/mol. The molecule has 0 radical (unpaired) electrons. The van der Waals surface area contributed by atoms with Crippen LogP contribution >= 0.6 is 0 Å². The van der Waals surface area contributed by atoms with Crippen molar-refractivity contribution in [3.63, 3.8) is 0 Å². The Morgan fingerprint density at radius 2 is 2.13 bits per heavy atom. The van der Waals surface area contributed by atoms with Gasteiger partial charge in [-0.15, -0.1) is 5.10 Å². The molecule has 0 aliphatic rings. The minimum atomic E-state index is -1.12. The summed E-state index contributed by atoms with van der Waals surface area (Å²) in [7, 11) is 0. The number of rotatable bonds is 4. The Kier molecular flexibility index (Phi) is 3.71. The van der Waals surface area contributed by atoms with Crippen LogP contribution in [0, 0.1) is 6.92 Å². The third-order valence-electron chi connectivity index (χ3n) is 3.34. The average Bonchev–Trinajstić information content (AvgIpc) is 2.93. The number of nitrogens with zero attached hydrogens (tertiary/aromatic N) is 4. The van der Waals surface area contributed by atoms with Crippen molar-refractivity contribution in [1.82, 2.24) is 25.3 Å². The predicted octanol–water partition coefficient (Wildman–Crippen LogP) is 0.938. The molecular formula is C15H13N5O3. The molecule has 0 aliphatic heterocycles. The topological polar surface area (TPSA) is 110 Å². The monoisotopic (exact) mass is 311 g/mol. The number of hydrogen-bond donors (Lipinski definition) is 2. The van der Waals surface area contributed by atoms with Crippen LogP contribution in [0.3, 0.4) is 0 Å². The number of hydrogen-bond acceptors (Lipinski definition) is 5. The van der Waals surface area contributed by atoms with E-state index in [-0.39, 0.29) is 5.69 Å². The number of carbonyl (C=O) groups is 2. The highest BCUT2D eigenvalue weighted by atomic mass is 16.4. The number of aromatic nitrogens is 4. The zero-order valence-corrected chi connectivity index (χ0v) is 12.2. The smallest absolute Gasteiger partial charge is 0.322 e. The number of carboxylic acid groups (broad SMARTS) is 1. The highest BCUT2D eigenvalue weighted by Gasteiger charge is 2.17. The Labute approximate surface area is 130 Å². The molecule has 0 unspecified atom stereocenters. The van der Waals surface area contributed by atoms with Gasteiger partial charge in [0, 0.05) is 11.6 Å². The number of nitrogens with one attached hydrogen (secondary N) is 1. The van der Waals surface area contributed by atoms with E-state index < -0.39 is 18.4 Å². The molecule has 2 heterocycles. The third kappa shape index (κ3) is 2.86. The van der Waals surface area contributed by atoms with Gasteiger partial charge in [0.15, 0.2) is 5.69 Å². The molecule has 2 aromatic heterocycles. The van der Waals surface area contributed by atoms with E-state index in [1.54, 1.807) is 13.1 Å². The van der Waals surface area contributed by atoms with Gasteiger partial charge in [-0.2, -0.15) is 0 Å². The Morgan fingerprint density at radius 1 is 1.30 bits per heavy atom. The first-order valence-corrected chi connectivity index (χ1v) is 6.83. The molecule has 0 spiro atoms. The number of carbonyl (C=O) groups excluding carboxylic acids is 1. The van der Waals surface area contributed by atoms with Crippen LogP contribution in [0.2, 0.25) is 0 Å². The van der Waals surface area contributed by atoms with Crippen molar-refractivity contribution in [3.05, 3.63) is 47.9 Å². The number of aliphatic carboxylic acids is 1. The van der Waals surface area contributed by atoms with Crippen LogP contribution in [0.4, 0.5) is 0 Å².